The molecule has 2 aromatic rings. The van der Waals surface area contributed by atoms with Gasteiger partial charge in [0, 0.05) is 11.6 Å². The number of para-hydroxylation sites is 1. The Hall–Kier alpha value is -1.68. The van der Waals surface area contributed by atoms with Crippen LogP contribution in [0.25, 0.3) is 16.5 Å². The Bertz CT molecular complexity index is 833. The van der Waals surface area contributed by atoms with Gasteiger partial charge in [-0.2, -0.15) is 0 Å². The van der Waals surface area contributed by atoms with Crippen molar-refractivity contribution in [2.24, 2.45) is 0 Å². The van der Waals surface area contributed by atoms with Gasteiger partial charge in [-0.15, -0.1) is 0 Å². The van der Waals surface area contributed by atoms with E-state index in [4.69, 9.17) is 0 Å². The molecule has 2 aliphatic rings. The minimum Gasteiger partial charge on any atom is -0.256 e. The van der Waals surface area contributed by atoms with Gasteiger partial charge in [0.15, 0.2) is 9.84 Å². The van der Waals surface area contributed by atoms with Gasteiger partial charge < -0.3 is 0 Å². The Kier molecular flexibility index (Phi) is 2.89. The first-order valence-corrected chi connectivity index (χ1v) is 9.05. The number of fused-ring (bicyclic) bond motifs is 3. The van der Waals surface area contributed by atoms with Crippen molar-refractivity contribution in [3.05, 3.63) is 48.2 Å². The standard InChI is InChI=1S/C17H17NO2S/c19-21(20)13-4-3-5-14(21)11-12(10-13)15-8-9-18-17-7-2-1-6-16(15)17/h1-2,6-10,13-14H,3-5,11H2. The second-order valence-corrected chi connectivity index (χ2v) is 8.40. The van der Waals surface area contributed by atoms with E-state index in [-0.39, 0.29) is 10.5 Å². The SMILES string of the molecule is O=S1(=O)C2C=C(c3ccnc4ccccc34)CC1CCC2. The summed E-state index contributed by atoms with van der Waals surface area (Å²) in [7, 11) is -2.95. The van der Waals surface area contributed by atoms with Crippen molar-refractivity contribution in [1.82, 2.24) is 4.98 Å². The molecule has 1 fully saturated rings. The molecule has 0 N–H and O–H groups in total. The number of allylic oxidation sites excluding steroid dienone is 1. The van der Waals surface area contributed by atoms with Crippen LogP contribution in [0.3, 0.4) is 0 Å². The van der Waals surface area contributed by atoms with E-state index in [1.165, 1.54) is 5.57 Å². The zero-order valence-electron chi connectivity index (χ0n) is 11.7. The van der Waals surface area contributed by atoms with E-state index in [0.29, 0.717) is 6.42 Å². The normalized spacial score (nSPS) is 27.3. The molecule has 1 aromatic carbocycles. The fraction of sp³-hybridized carbons (Fsp3) is 0.353. The lowest BCUT2D eigenvalue weighted by atomic mass is 9.92. The van der Waals surface area contributed by atoms with Crippen LogP contribution in [-0.2, 0) is 9.84 Å². The molecule has 0 aliphatic carbocycles. The van der Waals surface area contributed by atoms with Crippen molar-refractivity contribution in [1.29, 1.82) is 0 Å². The number of rotatable bonds is 1. The minimum atomic E-state index is -2.95. The van der Waals surface area contributed by atoms with E-state index >= 15 is 0 Å². The molecule has 1 aromatic heterocycles. The molecule has 2 atom stereocenters. The van der Waals surface area contributed by atoms with Gasteiger partial charge >= 0.3 is 0 Å². The van der Waals surface area contributed by atoms with Crippen LogP contribution in [0.15, 0.2) is 42.6 Å². The first kappa shape index (κ1) is 13.0. The Labute approximate surface area is 124 Å². The number of nitrogens with zero attached hydrogens (tertiary/aromatic N) is 1. The Morgan fingerprint density at radius 1 is 1.10 bits per heavy atom. The van der Waals surface area contributed by atoms with Gasteiger partial charge in [0.1, 0.15) is 0 Å². The highest BCUT2D eigenvalue weighted by Gasteiger charge is 2.40. The third-order valence-corrected chi connectivity index (χ3v) is 7.28. The molecule has 21 heavy (non-hydrogen) atoms. The summed E-state index contributed by atoms with van der Waals surface area (Å²) in [5, 5.41) is 0.638. The predicted molar refractivity (Wildman–Crippen MR) is 84.7 cm³/mol. The molecule has 2 bridgehead atoms. The van der Waals surface area contributed by atoms with Crippen molar-refractivity contribution >= 4 is 26.3 Å². The molecule has 0 amide bonds. The van der Waals surface area contributed by atoms with Crippen LogP contribution >= 0.6 is 0 Å². The van der Waals surface area contributed by atoms with Crippen molar-refractivity contribution in [2.75, 3.05) is 0 Å². The second kappa shape index (κ2) is 4.67. The lowest BCUT2D eigenvalue weighted by Gasteiger charge is -2.33. The molecular weight excluding hydrogens is 282 g/mol. The quantitative estimate of drug-likeness (QED) is 0.811. The number of sulfone groups is 1. The number of pyridine rings is 1. The van der Waals surface area contributed by atoms with Gasteiger partial charge in [0.2, 0.25) is 0 Å². The molecule has 0 spiro atoms. The number of benzene rings is 1. The Morgan fingerprint density at radius 3 is 2.81 bits per heavy atom. The summed E-state index contributed by atoms with van der Waals surface area (Å²) in [5.74, 6) is 0. The fourth-order valence-corrected chi connectivity index (χ4v) is 5.88. The highest BCUT2D eigenvalue weighted by molar-refractivity contribution is 7.93. The van der Waals surface area contributed by atoms with Crippen molar-refractivity contribution in [2.45, 2.75) is 36.2 Å². The Morgan fingerprint density at radius 2 is 1.95 bits per heavy atom. The van der Waals surface area contributed by atoms with Gasteiger partial charge in [-0.1, -0.05) is 30.7 Å². The van der Waals surface area contributed by atoms with Gasteiger partial charge in [-0.25, -0.2) is 8.42 Å². The van der Waals surface area contributed by atoms with Crippen molar-refractivity contribution < 1.29 is 8.42 Å². The van der Waals surface area contributed by atoms with Crippen LogP contribution in [0, 0.1) is 0 Å². The zero-order chi connectivity index (χ0) is 14.4. The van der Waals surface area contributed by atoms with E-state index in [1.54, 1.807) is 0 Å². The summed E-state index contributed by atoms with van der Waals surface area (Å²) in [6.45, 7) is 0. The van der Waals surface area contributed by atoms with Crippen molar-refractivity contribution in [3.63, 3.8) is 0 Å². The minimum absolute atomic E-state index is 0.192. The average molecular weight is 299 g/mol. The third kappa shape index (κ3) is 2.01. The molecule has 3 heterocycles. The van der Waals surface area contributed by atoms with Crippen LogP contribution in [0.4, 0.5) is 0 Å². The fourth-order valence-electron chi connectivity index (χ4n) is 3.63. The maximum Gasteiger partial charge on any atom is 0.159 e. The lowest BCUT2D eigenvalue weighted by molar-refractivity contribution is 0.518. The van der Waals surface area contributed by atoms with Gasteiger partial charge in [-0.05, 0) is 42.5 Å². The number of hydrogen-bond donors (Lipinski definition) is 0. The van der Waals surface area contributed by atoms with Crippen LogP contribution in [0.2, 0.25) is 0 Å². The highest BCUT2D eigenvalue weighted by atomic mass is 32.2. The molecule has 2 unspecified atom stereocenters. The molecule has 0 radical (unpaired) electrons. The van der Waals surface area contributed by atoms with Crippen molar-refractivity contribution in [3.8, 4) is 0 Å². The Balaban J connectivity index is 1.89. The predicted octanol–water partition coefficient (Wildman–Crippen LogP) is 3.36. The summed E-state index contributed by atoms with van der Waals surface area (Å²) < 4.78 is 24.8. The first-order valence-electron chi connectivity index (χ1n) is 7.44. The van der Waals surface area contributed by atoms with E-state index in [1.807, 2.05) is 36.5 Å². The summed E-state index contributed by atoms with van der Waals surface area (Å²) in [4.78, 5) is 4.39. The van der Waals surface area contributed by atoms with E-state index in [9.17, 15) is 8.42 Å². The van der Waals surface area contributed by atoms with E-state index < -0.39 is 9.84 Å². The maximum atomic E-state index is 12.4. The number of hydrogen-bond acceptors (Lipinski definition) is 3. The first-order chi connectivity index (χ1) is 10.2. The molecule has 108 valence electrons. The molecular formula is C17H17NO2S. The molecule has 0 saturated carbocycles. The van der Waals surface area contributed by atoms with E-state index in [2.05, 4.69) is 11.1 Å². The van der Waals surface area contributed by atoms with E-state index in [0.717, 1.165) is 35.7 Å². The lowest BCUT2D eigenvalue weighted by Crippen LogP contribution is -2.38. The molecule has 4 heteroatoms. The van der Waals surface area contributed by atoms with Crippen LogP contribution in [0.1, 0.15) is 31.2 Å². The average Bonchev–Trinajstić information content (AvgIpc) is 2.46. The summed E-state index contributed by atoms with van der Waals surface area (Å²) >= 11 is 0. The second-order valence-electron chi connectivity index (χ2n) is 5.95. The third-order valence-electron chi connectivity index (χ3n) is 4.73. The zero-order valence-corrected chi connectivity index (χ0v) is 12.5. The van der Waals surface area contributed by atoms with Gasteiger partial charge in [-0.3, -0.25) is 4.98 Å². The van der Waals surface area contributed by atoms with Crippen LogP contribution < -0.4 is 0 Å². The highest BCUT2D eigenvalue weighted by Crippen LogP contribution is 2.40. The van der Waals surface area contributed by atoms with Crippen LogP contribution in [-0.4, -0.2) is 23.9 Å². The smallest absolute Gasteiger partial charge is 0.159 e. The summed E-state index contributed by atoms with van der Waals surface area (Å²) in [6.07, 6.45) is 7.05. The molecule has 2 aliphatic heterocycles. The summed E-state index contributed by atoms with van der Waals surface area (Å²) in [5.41, 5.74) is 3.29. The molecule has 1 saturated heterocycles. The maximum absolute atomic E-state index is 12.4. The molecule has 4 rings (SSSR count). The van der Waals surface area contributed by atoms with Gasteiger partial charge in [0.05, 0.1) is 16.0 Å². The summed E-state index contributed by atoms with van der Waals surface area (Å²) in [6, 6.07) is 10.1. The number of aromatic nitrogens is 1. The molecule has 3 nitrogen and oxygen atoms in total. The monoisotopic (exact) mass is 299 g/mol. The van der Waals surface area contributed by atoms with Gasteiger partial charge in [0.25, 0.3) is 0 Å². The van der Waals surface area contributed by atoms with Crippen LogP contribution in [0.5, 0.6) is 0 Å². The topological polar surface area (TPSA) is 47.0 Å². The largest absolute Gasteiger partial charge is 0.256 e.